The number of fused-ring (bicyclic) bond motifs is 1. The van der Waals surface area contributed by atoms with Crippen molar-refractivity contribution in [1.82, 2.24) is 4.98 Å². The maximum Gasteiger partial charge on any atom is 0.164 e. The fourth-order valence-corrected chi connectivity index (χ4v) is 7.87. The number of benzene rings is 5. The van der Waals surface area contributed by atoms with Crippen LogP contribution in [0.2, 0.25) is 0 Å². The number of phenols is 3. The number of carbonyl (C=O) groups excluding carboxylic acids is 1. The number of aromatic hydroxyl groups is 3. The quantitative estimate of drug-likeness (QED) is 0.0667. The van der Waals surface area contributed by atoms with E-state index < -0.39 is 29.8 Å². The summed E-state index contributed by atoms with van der Waals surface area (Å²) in [6, 6.07) is 28.8. The molecule has 0 aliphatic rings. The molecule has 5 aromatic carbocycles. The van der Waals surface area contributed by atoms with Gasteiger partial charge in [0.2, 0.25) is 0 Å². The topological polar surface area (TPSA) is 151 Å². The van der Waals surface area contributed by atoms with E-state index in [1.54, 1.807) is 42.7 Å². The lowest BCUT2D eigenvalue weighted by Gasteiger charge is -2.34. The van der Waals surface area contributed by atoms with Crippen LogP contribution in [0, 0.1) is 5.92 Å². The molecule has 6 aromatic rings. The number of hydrogen-bond acceptors (Lipinski definition) is 8. The summed E-state index contributed by atoms with van der Waals surface area (Å²) in [7, 11) is 2.96. The Morgan fingerprint density at radius 1 is 0.800 bits per heavy atom. The van der Waals surface area contributed by atoms with E-state index in [1.807, 2.05) is 24.3 Å². The Morgan fingerprint density at radius 3 is 2.29 bits per heavy atom. The molecular weight excluding hydrogens is 695 g/mol. The Hall–Kier alpha value is -5.77. The number of aryl methyl sites for hydroxylation is 1. The van der Waals surface area contributed by atoms with Gasteiger partial charge in [-0.25, -0.2) is 0 Å². The summed E-state index contributed by atoms with van der Waals surface area (Å²) in [5, 5.41) is 57.2. The van der Waals surface area contributed by atoms with E-state index in [0.717, 1.165) is 39.4 Å². The molecule has 0 amide bonds. The summed E-state index contributed by atoms with van der Waals surface area (Å²) in [5.74, 6) is -0.464. The van der Waals surface area contributed by atoms with Crippen LogP contribution >= 0.6 is 0 Å². The van der Waals surface area contributed by atoms with Crippen molar-refractivity contribution >= 4 is 16.6 Å². The van der Waals surface area contributed by atoms with Gasteiger partial charge in [-0.15, -0.1) is 0 Å². The third-order valence-corrected chi connectivity index (χ3v) is 10.9. The van der Waals surface area contributed by atoms with Crippen molar-refractivity contribution < 1.29 is 39.8 Å². The maximum atomic E-state index is 14.7. The van der Waals surface area contributed by atoms with Crippen LogP contribution in [0.25, 0.3) is 10.8 Å². The van der Waals surface area contributed by atoms with Crippen molar-refractivity contribution in [2.75, 3.05) is 20.8 Å². The normalized spacial score (nSPS) is 13.6. The van der Waals surface area contributed by atoms with Gasteiger partial charge >= 0.3 is 0 Å². The van der Waals surface area contributed by atoms with Crippen LogP contribution in [0.5, 0.6) is 28.7 Å². The number of nitrogens with zero attached hydrogens (tertiary/aromatic N) is 1. The Bertz CT molecular complexity index is 2250. The van der Waals surface area contributed by atoms with E-state index in [2.05, 4.69) is 36.2 Å². The molecule has 0 aliphatic heterocycles. The first-order valence-corrected chi connectivity index (χ1v) is 18.5. The molecule has 1 aromatic heterocycles. The Morgan fingerprint density at radius 2 is 1.58 bits per heavy atom. The molecule has 0 radical (unpaired) electrons. The predicted molar refractivity (Wildman–Crippen MR) is 212 cm³/mol. The van der Waals surface area contributed by atoms with E-state index >= 15 is 0 Å². The number of aliphatic hydroxyl groups excluding tert-OH is 2. The highest BCUT2D eigenvalue weighted by atomic mass is 16.5. The number of ether oxygens (including phenoxy) is 2. The molecule has 5 N–H and O–H groups in total. The van der Waals surface area contributed by atoms with E-state index in [-0.39, 0.29) is 35.8 Å². The van der Waals surface area contributed by atoms with Crippen molar-refractivity contribution in [2.45, 2.75) is 57.0 Å². The molecule has 0 aliphatic carbocycles. The zero-order valence-electron chi connectivity index (χ0n) is 31.4. The van der Waals surface area contributed by atoms with Crippen LogP contribution in [-0.2, 0) is 42.3 Å². The van der Waals surface area contributed by atoms with Gasteiger partial charge in [0.25, 0.3) is 0 Å². The molecule has 1 heterocycles. The van der Waals surface area contributed by atoms with Gasteiger partial charge in [-0.05, 0) is 101 Å². The molecule has 0 saturated carbocycles. The van der Waals surface area contributed by atoms with Crippen LogP contribution < -0.4 is 14.5 Å². The fourth-order valence-electron chi connectivity index (χ4n) is 7.87. The number of aromatic nitrogens is 1. The van der Waals surface area contributed by atoms with Gasteiger partial charge in [0.05, 0.1) is 32.3 Å². The molecule has 0 spiro atoms. The molecule has 0 fully saturated rings. The third kappa shape index (κ3) is 8.33. The third-order valence-electron chi connectivity index (χ3n) is 10.9. The summed E-state index contributed by atoms with van der Waals surface area (Å²) in [4.78, 5) is 18.9. The van der Waals surface area contributed by atoms with Gasteiger partial charge in [0, 0.05) is 18.4 Å². The number of hydrogen-bond donors (Lipinski definition) is 5. The minimum Gasteiger partial charge on any atom is -0.670 e. The molecule has 0 saturated heterocycles. The lowest BCUT2D eigenvalue weighted by atomic mass is 9.70. The lowest BCUT2D eigenvalue weighted by Crippen LogP contribution is -2.44. The minimum absolute atomic E-state index is 0.0106. The largest absolute Gasteiger partial charge is 0.670 e. The number of ketones is 1. The van der Waals surface area contributed by atoms with Crippen molar-refractivity contribution in [1.29, 1.82) is 0 Å². The second-order valence-electron chi connectivity index (χ2n) is 14.2. The molecule has 6 rings (SSSR count). The van der Waals surface area contributed by atoms with Crippen LogP contribution in [0.15, 0.2) is 109 Å². The van der Waals surface area contributed by atoms with Crippen molar-refractivity contribution in [2.24, 2.45) is 5.92 Å². The number of aliphatic hydroxyl groups is 2. The highest BCUT2D eigenvalue weighted by Gasteiger charge is 2.42. The second kappa shape index (κ2) is 17.1. The summed E-state index contributed by atoms with van der Waals surface area (Å²) in [6.45, 7) is 1.51. The number of methoxy groups -OCH3 is 2. The molecule has 0 unspecified atom stereocenters. The molecular formula is C46H48NO8-. The minimum atomic E-state index is -1.55. The molecule has 9 heteroatoms. The average Bonchev–Trinajstić information content (AvgIpc) is 3.71. The summed E-state index contributed by atoms with van der Waals surface area (Å²) in [6.07, 6.45) is 3.99. The van der Waals surface area contributed by atoms with E-state index in [9.17, 15) is 30.3 Å². The Balaban J connectivity index is 1.39. The van der Waals surface area contributed by atoms with Crippen molar-refractivity contribution in [3.63, 3.8) is 0 Å². The molecule has 0 bridgehead atoms. The monoisotopic (exact) mass is 742 g/mol. The molecule has 286 valence electrons. The van der Waals surface area contributed by atoms with Crippen LogP contribution in [0.4, 0.5) is 0 Å². The Labute approximate surface area is 321 Å². The van der Waals surface area contributed by atoms with E-state index in [1.165, 1.54) is 38.0 Å². The number of phenolic OH excluding ortho intramolecular Hbond substituents is 3. The first kappa shape index (κ1) is 38.9. The molecule has 55 heavy (non-hydrogen) atoms. The van der Waals surface area contributed by atoms with Crippen molar-refractivity contribution in [3.8, 4) is 28.7 Å². The highest BCUT2D eigenvalue weighted by molar-refractivity contribution is 5.91. The highest BCUT2D eigenvalue weighted by Crippen LogP contribution is 2.40. The van der Waals surface area contributed by atoms with Crippen LogP contribution in [0.3, 0.4) is 0 Å². The number of carbonyl (C=O) groups is 1. The van der Waals surface area contributed by atoms with Gasteiger partial charge in [0.15, 0.2) is 23.0 Å². The number of Topliss-reactive ketones (excluding diaryl/α,β-unsaturated/α-hetero) is 1. The molecule has 3 atom stereocenters. The first-order chi connectivity index (χ1) is 26.6. The summed E-state index contributed by atoms with van der Waals surface area (Å²) in [5.41, 5.74) is 4.30. The molecule has 9 nitrogen and oxygen atoms in total. The fraction of sp³-hybridized carbons (Fsp3) is 0.283. The van der Waals surface area contributed by atoms with Crippen LogP contribution in [0.1, 0.15) is 52.3 Å². The van der Waals surface area contributed by atoms with Gasteiger partial charge in [-0.1, -0.05) is 79.2 Å². The van der Waals surface area contributed by atoms with E-state index in [4.69, 9.17) is 9.47 Å². The maximum absolute atomic E-state index is 14.7. The van der Waals surface area contributed by atoms with Gasteiger partial charge in [0.1, 0.15) is 11.5 Å². The van der Waals surface area contributed by atoms with Crippen molar-refractivity contribution in [3.05, 3.63) is 148 Å². The summed E-state index contributed by atoms with van der Waals surface area (Å²) < 4.78 is 11.2. The average molecular weight is 743 g/mol. The zero-order chi connectivity index (χ0) is 39.1. The first-order valence-electron chi connectivity index (χ1n) is 18.5. The van der Waals surface area contributed by atoms with Gasteiger partial charge < -0.3 is 40.0 Å². The number of rotatable bonds is 17. The Kier molecular flexibility index (Phi) is 12.1. The smallest absolute Gasteiger partial charge is 0.164 e. The summed E-state index contributed by atoms with van der Waals surface area (Å²) >= 11 is 0. The van der Waals surface area contributed by atoms with Gasteiger partial charge in [-0.2, -0.15) is 12.4 Å². The van der Waals surface area contributed by atoms with Gasteiger partial charge in [-0.3, -0.25) is 4.79 Å². The zero-order valence-corrected chi connectivity index (χ0v) is 31.4. The standard InChI is InChI=1S/C46H48NO8/c1-4-31-13-14-32-8-5-6-11-37(32)38(31)24-39-33(15-17-41(51)45(39)55-3)22-34(20-30-18-19-47-27-30)42(52)25-44(53)46(28-48,35-9-7-10-36(49)23-35)26-29-12-16-40(50)43(21-29)54-2/h5-19,21,23,27,34,42,48-52H,4,20,22,24-26,28H2,1-3H3/q-1/t34-,42+,46-/m0/s1. The second-order valence-corrected chi connectivity index (χ2v) is 14.2. The van der Waals surface area contributed by atoms with E-state index in [0.29, 0.717) is 36.1 Å². The predicted octanol–water partition coefficient (Wildman–Crippen LogP) is 6.98. The lowest BCUT2D eigenvalue weighted by molar-refractivity contribution is -0.129. The van der Waals surface area contributed by atoms with Crippen LogP contribution in [-0.4, -0.2) is 58.2 Å². The SMILES string of the molecule is CCc1ccc2ccccc2c1Cc1c(C[C@H](Cc2cc[n-]c2)[C@H](O)CC(=O)[C@](CO)(Cc2ccc(O)c(OC)c2)c2cccc(O)c2)ccc(O)c1OC.